The molecule has 5 rings (SSSR count). The summed E-state index contributed by atoms with van der Waals surface area (Å²) in [6.45, 7) is 2.31. The molecule has 0 aromatic heterocycles. The van der Waals surface area contributed by atoms with Gasteiger partial charge < -0.3 is 0 Å². The van der Waals surface area contributed by atoms with E-state index in [-0.39, 0.29) is 0 Å². The van der Waals surface area contributed by atoms with Gasteiger partial charge in [-0.15, -0.1) is 0 Å². The number of hydrogen-bond donors (Lipinski definition) is 0. The minimum Gasteiger partial charge on any atom is -0.0625 e. The maximum absolute atomic E-state index is 2.31. The van der Waals surface area contributed by atoms with Crippen molar-refractivity contribution in [3.63, 3.8) is 0 Å². The van der Waals surface area contributed by atoms with Gasteiger partial charge in [-0.3, -0.25) is 0 Å². The zero-order chi connectivity index (χ0) is 15.0. The lowest BCUT2D eigenvalue weighted by molar-refractivity contribution is 0.346. The average molecular weight is 295 g/mol. The van der Waals surface area contributed by atoms with E-state index in [9.17, 15) is 0 Å². The molecule has 0 N–H and O–H groups in total. The highest BCUT2D eigenvalue weighted by molar-refractivity contribution is 4.62. The van der Waals surface area contributed by atoms with Crippen LogP contribution in [-0.4, -0.2) is 0 Å². The van der Waals surface area contributed by atoms with Crippen molar-refractivity contribution in [2.75, 3.05) is 0 Å². The second kappa shape index (κ2) is 14.9. The van der Waals surface area contributed by atoms with Gasteiger partial charge in [-0.25, -0.2) is 0 Å². The largest absolute Gasteiger partial charge is 0.0625 e. The molecule has 0 aromatic carbocycles. The minimum atomic E-state index is 1.06. The summed E-state index contributed by atoms with van der Waals surface area (Å²) in [6.07, 6.45) is 28.5. The Morgan fingerprint density at radius 1 is 0.333 bits per heavy atom. The van der Waals surface area contributed by atoms with E-state index in [1.165, 1.54) is 122 Å². The molecule has 0 aliphatic heterocycles. The Kier molecular flexibility index (Phi) is 13.5. The third kappa shape index (κ3) is 13.4. The Hall–Kier alpha value is 0. The molecule has 0 bridgehead atoms. The Morgan fingerprint density at radius 3 is 0.476 bits per heavy atom. The predicted molar refractivity (Wildman–Crippen MR) is 96.9 cm³/mol. The van der Waals surface area contributed by atoms with Gasteiger partial charge in [0.15, 0.2) is 0 Å². The topological polar surface area (TPSA) is 0 Å². The molecule has 0 amide bonds. The van der Waals surface area contributed by atoms with E-state index in [1.807, 2.05) is 0 Å². The van der Waals surface area contributed by atoms with Gasteiger partial charge in [0.05, 0.1) is 0 Å². The molecule has 5 aliphatic carbocycles. The van der Waals surface area contributed by atoms with Crippen molar-refractivity contribution in [2.24, 2.45) is 5.92 Å². The van der Waals surface area contributed by atoms with Crippen LogP contribution in [0, 0.1) is 5.92 Å². The number of hydrogen-bond acceptors (Lipinski definition) is 0. The maximum atomic E-state index is 2.31. The molecule has 0 heterocycles. The zero-order valence-corrected chi connectivity index (χ0v) is 15.0. The lowest BCUT2D eigenvalue weighted by Gasteiger charge is -2.18. The van der Waals surface area contributed by atoms with Crippen molar-refractivity contribution < 1.29 is 0 Å². The summed E-state index contributed by atoms with van der Waals surface area (Å²) in [5.74, 6) is 1.06. The standard InChI is InChI=1S/C5H10.4C4H8/c1-5-3-2-4-5;4*1-2-4-3-1/h5H,2-4H2,1H3;4*1-4H2. The third-order valence-corrected chi connectivity index (χ3v) is 5.39. The monoisotopic (exact) mass is 294 g/mol. The van der Waals surface area contributed by atoms with E-state index in [2.05, 4.69) is 6.92 Å². The molecule has 5 aliphatic rings. The first-order valence-corrected chi connectivity index (χ1v) is 10.4. The van der Waals surface area contributed by atoms with E-state index in [1.54, 1.807) is 0 Å². The van der Waals surface area contributed by atoms with Crippen molar-refractivity contribution in [2.45, 2.75) is 129 Å². The molecule has 0 heteroatoms. The summed E-state index contributed by atoms with van der Waals surface area (Å²) in [5.41, 5.74) is 0. The van der Waals surface area contributed by atoms with Crippen LogP contribution in [-0.2, 0) is 0 Å². The lowest BCUT2D eigenvalue weighted by atomic mass is 9.88. The smallest absolute Gasteiger partial charge is 0.0443 e. The first kappa shape index (κ1) is 19.0. The SMILES string of the molecule is C1CCC1.C1CCC1.C1CCC1.C1CCC1.CC1CCC1. The zero-order valence-electron chi connectivity index (χ0n) is 15.0. The predicted octanol–water partition coefficient (Wildman–Crippen LogP) is 8.05. The highest BCUT2D eigenvalue weighted by atomic mass is 14.1. The molecular weight excluding hydrogens is 252 g/mol. The van der Waals surface area contributed by atoms with Crippen LogP contribution >= 0.6 is 0 Å². The fourth-order valence-corrected chi connectivity index (χ4v) is 1.61. The van der Waals surface area contributed by atoms with E-state index in [0.29, 0.717) is 0 Å². The lowest BCUT2D eigenvalue weighted by Crippen LogP contribution is -2.04. The van der Waals surface area contributed by atoms with Crippen LogP contribution in [0.15, 0.2) is 0 Å². The first-order valence-electron chi connectivity index (χ1n) is 10.4. The molecule has 0 nitrogen and oxygen atoms in total. The average Bonchev–Trinajstić information content (AvgIpc) is 2.02. The number of rotatable bonds is 0. The molecule has 0 radical (unpaired) electrons. The van der Waals surface area contributed by atoms with E-state index in [0.717, 1.165) is 5.92 Å². The van der Waals surface area contributed by atoms with Crippen molar-refractivity contribution in [3.05, 3.63) is 0 Å². The maximum Gasteiger partial charge on any atom is -0.0443 e. The Bertz CT molecular complexity index is 128. The van der Waals surface area contributed by atoms with Gasteiger partial charge in [0.2, 0.25) is 0 Å². The van der Waals surface area contributed by atoms with Crippen molar-refractivity contribution in [3.8, 4) is 0 Å². The van der Waals surface area contributed by atoms with Gasteiger partial charge in [-0.1, -0.05) is 129 Å². The van der Waals surface area contributed by atoms with Crippen LogP contribution in [0.2, 0.25) is 0 Å². The van der Waals surface area contributed by atoms with Crippen LogP contribution in [0.3, 0.4) is 0 Å². The fourth-order valence-electron chi connectivity index (χ4n) is 1.61. The van der Waals surface area contributed by atoms with Crippen molar-refractivity contribution in [1.82, 2.24) is 0 Å². The van der Waals surface area contributed by atoms with Gasteiger partial charge in [-0.2, -0.15) is 0 Å². The normalized spacial score (nSPS) is 24.4. The van der Waals surface area contributed by atoms with E-state index in [4.69, 9.17) is 0 Å². The summed E-state index contributed by atoms with van der Waals surface area (Å²) in [7, 11) is 0. The van der Waals surface area contributed by atoms with Gasteiger partial charge in [0.25, 0.3) is 0 Å². The second-order valence-electron chi connectivity index (χ2n) is 7.69. The molecule has 0 atom stereocenters. The first-order chi connectivity index (χ1) is 10.4. The summed E-state index contributed by atoms with van der Waals surface area (Å²) in [5, 5.41) is 0. The third-order valence-electron chi connectivity index (χ3n) is 5.39. The van der Waals surface area contributed by atoms with Gasteiger partial charge in [0.1, 0.15) is 0 Å². The van der Waals surface area contributed by atoms with Crippen molar-refractivity contribution >= 4 is 0 Å². The summed E-state index contributed by atoms with van der Waals surface area (Å²) >= 11 is 0. The molecule has 0 spiro atoms. The van der Waals surface area contributed by atoms with Crippen LogP contribution < -0.4 is 0 Å². The Balaban J connectivity index is 0.000000132. The van der Waals surface area contributed by atoms with Gasteiger partial charge in [0, 0.05) is 0 Å². The van der Waals surface area contributed by atoms with Crippen LogP contribution in [0.25, 0.3) is 0 Å². The second-order valence-corrected chi connectivity index (χ2v) is 7.69. The molecule has 0 saturated heterocycles. The fraction of sp³-hybridized carbons (Fsp3) is 1.00. The summed E-state index contributed by atoms with van der Waals surface area (Å²) < 4.78 is 0. The highest BCUT2D eigenvalue weighted by Crippen LogP contribution is 2.24. The van der Waals surface area contributed by atoms with E-state index >= 15 is 0 Å². The molecular formula is C21H42. The van der Waals surface area contributed by atoms with Crippen molar-refractivity contribution in [1.29, 1.82) is 0 Å². The molecule has 5 fully saturated rings. The van der Waals surface area contributed by atoms with E-state index < -0.39 is 0 Å². The summed E-state index contributed by atoms with van der Waals surface area (Å²) in [6, 6.07) is 0. The molecule has 5 saturated carbocycles. The summed E-state index contributed by atoms with van der Waals surface area (Å²) in [4.78, 5) is 0. The van der Waals surface area contributed by atoms with Gasteiger partial charge in [-0.05, 0) is 5.92 Å². The molecule has 21 heavy (non-hydrogen) atoms. The Labute approximate surface area is 135 Å². The van der Waals surface area contributed by atoms with Crippen LogP contribution in [0.4, 0.5) is 0 Å². The molecule has 0 aromatic rings. The van der Waals surface area contributed by atoms with Gasteiger partial charge >= 0.3 is 0 Å². The molecule has 126 valence electrons. The van der Waals surface area contributed by atoms with Crippen LogP contribution in [0.1, 0.15) is 129 Å². The quantitative estimate of drug-likeness (QED) is 0.424. The molecule has 0 unspecified atom stereocenters. The Morgan fingerprint density at radius 2 is 0.476 bits per heavy atom. The minimum absolute atomic E-state index is 1.06. The van der Waals surface area contributed by atoms with Crippen LogP contribution in [0.5, 0.6) is 0 Å². The highest BCUT2D eigenvalue weighted by Gasteiger charge is 2.09.